The van der Waals surface area contributed by atoms with Gasteiger partial charge in [-0.05, 0) is 50.1 Å². The van der Waals surface area contributed by atoms with Gasteiger partial charge in [0.05, 0.1) is 5.56 Å². The van der Waals surface area contributed by atoms with Crippen molar-refractivity contribution in [3.63, 3.8) is 0 Å². The highest BCUT2D eigenvalue weighted by atomic mass is 16.4. The predicted molar refractivity (Wildman–Crippen MR) is 66.9 cm³/mol. The fourth-order valence-electron chi connectivity index (χ4n) is 1.89. The minimum atomic E-state index is -0.884. The average Bonchev–Trinajstić information content (AvgIpc) is 2.64. The smallest absolute Gasteiger partial charge is 0.337 e. The second-order valence-corrected chi connectivity index (χ2v) is 4.26. The predicted octanol–water partition coefficient (Wildman–Crippen LogP) is 3.10. The number of rotatable bonds is 2. The van der Waals surface area contributed by atoms with Crippen molar-refractivity contribution in [3.05, 3.63) is 52.8 Å². The van der Waals surface area contributed by atoms with Gasteiger partial charge in [0.2, 0.25) is 0 Å². The first-order chi connectivity index (χ1) is 8.00. The molecule has 0 atom stereocenters. The maximum absolute atomic E-state index is 11.0. The quantitative estimate of drug-likeness (QED) is 0.859. The second kappa shape index (κ2) is 4.09. The van der Waals surface area contributed by atoms with Gasteiger partial charge in [0.15, 0.2) is 0 Å². The number of aromatic carboxylic acids is 1. The zero-order chi connectivity index (χ0) is 12.6. The van der Waals surface area contributed by atoms with Crippen LogP contribution in [0.3, 0.4) is 0 Å². The second-order valence-electron chi connectivity index (χ2n) is 4.26. The van der Waals surface area contributed by atoms with Gasteiger partial charge in [-0.2, -0.15) is 0 Å². The molecule has 0 aliphatic carbocycles. The lowest BCUT2D eigenvalue weighted by atomic mass is 10.1. The topological polar surface area (TPSA) is 42.2 Å². The summed E-state index contributed by atoms with van der Waals surface area (Å²) in [4.78, 5) is 11.0. The van der Waals surface area contributed by atoms with Crippen LogP contribution in [-0.4, -0.2) is 15.6 Å². The van der Waals surface area contributed by atoms with E-state index in [4.69, 9.17) is 5.11 Å². The molecule has 1 heterocycles. The Morgan fingerprint density at radius 2 is 1.82 bits per heavy atom. The van der Waals surface area contributed by atoms with E-state index in [9.17, 15) is 4.79 Å². The molecule has 0 fully saturated rings. The largest absolute Gasteiger partial charge is 0.478 e. The van der Waals surface area contributed by atoms with Crippen molar-refractivity contribution in [2.45, 2.75) is 20.8 Å². The first-order valence-electron chi connectivity index (χ1n) is 5.49. The van der Waals surface area contributed by atoms with E-state index in [1.54, 1.807) is 12.3 Å². The van der Waals surface area contributed by atoms with E-state index in [0.29, 0.717) is 5.56 Å². The van der Waals surface area contributed by atoms with Gasteiger partial charge in [0, 0.05) is 17.6 Å². The number of hydrogen-bond acceptors (Lipinski definition) is 1. The lowest BCUT2D eigenvalue weighted by Gasteiger charge is -2.09. The number of aromatic nitrogens is 1. The summed E-state index contributed by atoms with van der Waals surface area (Å²) in [5.41, 5.74) is 4.53. The van der Waals surface area contributed by atoms with E-state index in [-0.39, 0.29) is 0 Å². The van der Waals surface area contributed by atoms with Crippen LogP contribution in [0, 0.1) is 20.8 Å². The van der Waals surface area contributed by atoms with Gasteiger partial charge in [-0.25, -0.2) is 4.79 Å². The SMILES string of the molecule is Cc1ccc(-n2ccc(C(=O)O)c2C)cc1C. The molecule has 2 aromatic rings. The highest BCUT2D eigenvalue weighted by molar-refractivity contribution is 5.89. The standard InChI is InChI=1S/C14H15NO2/c1-9-4-5-12(8-10(9)2)15-7-6-13(11(15)3)14(16)17/h4-8H,1-3H3,(H,16,17). The van der Waals surface area contributed by atoms with E-state index >= 15 is 0 Å². The molecule has 17 heavy (non-hydrogen) atoms. The summed E-state index contributed by atoms with van der Waals surface area (Å²) in [5, 5.41) is 9.01. The van der Waals surface area contributed by atoms with Crippen LogP contribution >= 0.6 is 0 Å². The van der Waals surface area contributed by atoms with Crippen molar-refractivity contribution in [1.29, 1.82) is 0 Å². The summed E-state index contributed by atoms with van der Waals surface area (Å²) in [6, 6.07) is 7.74. The van der Waals surface area contributed by atoms with Crippen molar-refractivity contribution in [2.24, 2.45) is 0 Å². The first-order valence-corrected chi connectivity index (χ1v) is 5.49. The molecule has 1 aromatic carbocycles. The molecule has 0 radical (unpaired) electrons. The molecule has 3 heteroatoms. The molecular weight excluding hydrogens is 214 g/mol. The maximum Gasteiger partial charge on any atom is 0.337 e. The van der Waals surface area contributed by atoms with E-state index in [2.05, 4.69) is 19.9 Å². The summed E-state index contributed by atoms with van der Waals surface area (Å²) in [6.07, 6.45) is 1.79. The summed E-state index contributed by atoms with van der Waals surface area (Å²) in [7, 11) is 0. The Bertz CT molecular complexity index is 582. The Morgan fingerprint density at radius 3 is 2.35 bits per heavy atom. The summed E-state index contributed by atoms with van der Waals surface area (Å²) in [6.45, 7) is 5.93. The Kier molecular flexibility index (Phi) is 2.76. The van der Waals surface area contributed by atoms with Crippen LogP contribution in [0.1, 0.15) is 27.2 Å². The maximum atomic E-state index is 11.0. The van der Waals surface area contributed by atoms with Gasteiger partial charge in [-0.3, -0.25) is 0 Å². The number of carbonyl (C=O) groups is 1. The third-order valence-corrected chi connectivity index (χ3v) is 3.14. The highest BCUT2D eigenvalue weighted by Crippen LogP contribution is 2.19. The lowest BCUT2D eigenvalue weighted by molar-refractivity contribution is 0.0696. The molecule has 0 amide bonds. The molecule has 0 spiro atoms. The third kappa shape index (κ3) is 1.96. The lowest BCUT2D eigenvalue weighted by Crippen LogP contribution is -2.01. The average molecular weight is 229 g/mol. The molecule has 1 N–H and O–H groups in total. The van der Waals surface area contributed by atoms with E-state index < -0.39 is 5.97 Å². The van der Waals surface area contributed by atoms with E-state index in [1.165, 1.54) is 11.1 Å². The number of carboxylic acids is 1. The molecular formula is C14H15NO2. The normalized spacial score (nSPS) is 10.5. The van der Waals surface area contributed by atoms with Crippen molar-refractivity contribution >= 4 is 5.97 Å². The molecule has 2 rings (SSSR count). The minimum absolute atomic E-state index is 0.350. The zero-order valence-corrected chi connectivity index (χ0v) is 10.2. The van der Waals surface area contributed by atoms with Crippen molar-refractivity contribution in [2.75, 3.05) is 0 Å². The number of nitrogens with zero attached hydrogens (tertiary/aromatic N) is 1. The molecule has 0 aliphatic heterocycles. The van der Waals surface area contributed by atoms with Gasteiger partial charge in [-0.15, -0.1) is 0 Å². The minimum Gasteiger partial charge on any atom is -0.478 e. The highest BCUT2D eigenvalue weighted by Gasteiger charge is 2.12. The van der Waals surface area contributed by atoms with Gasteiger partial charge < -0.3 is 9.67 Å². The molecule has 0 bridgehead atoms. The molecule has 0 saturated carbocycles. The van der Waals surface area contributed by atoms with Crippen LogP contribution < -0.4 is 0 Å². The number of hydrogen-bond donors (Lipinski definition) is 1. The van der Waals surface area contributed by atoms with Crippen LogP contribution in [0.5, 0.6) is 0 Å². The fourth-order valence-corrected chi connectivity index (χ4v) is 1.89. The van der Waals surface area contributed by atoms with Gasteiger partial charge in [0.1, 0.15) is 0 Å². The van der Waals surface area contributed by atoms with Crippen LogP contribution in [0.25, 0.3) is 5.69 Å². The van der Waals surface area contributed by atoms with Gasteiger partial charge in [-0.1, -0.05) is 6.07 Å². The van der Waals surface area contributed by atoms with Crippen molar-refractivity contribution in [1.82, 2.24) is 4.57 Å². The number of carboxylic acid groups (broad SMARTS) is 1. The number of aryl methyl sites for hydroxylation is 2. The molecule has 1 aromatic heterocycles. The van der Waals surface area contributed by atoms with Gasteiger partial charge in [0.25, 0.3) is 0 Å². The molecule has 88 valence electrons. The van der Waals surface area contributed by atoms with Crippen LogP contribution in [-0.2, 0) is 0 Å². The molecule has 3 nitrogen and oxygen atoms in total. The zero-order valence-electron chi connectivity index (χ0n) is 10.2. The van der Waals surface area contributed by atoms with Crippen LogP contribution in [0.15, 0.2) is 30.5 Å². The van der Waals surface area contributed by atoms with E-state index in [1.807, 2.05) is 23.6 Å². The Labute approximate surface area is 100 Å². The third-order valence-electron chi connectivity index (χ3n) is 3.14. The number of benzene rings is 1. The monoisotopic (exact) mass is 229 g/mol. The van der Waals surface area contributed by atoms with Crippen LogP contribution in [0.2, 0.25) is 0 Å². The fraction of sp³-hybridized carbons (Fsp3) is 0.214. The first kappa shape index (κ1) is 11.5. The van der Waals surface area contributed by atoms with Gasteiger partial charge >= 0.3 is 5.97 Å². The summed E-state index contributed by atoms with van der Waals surface area (Å²) in [5.74, 6) is -0.884. The molecule has 0 unspecified atom stereocenters. The summed E-state index contributed by atoms with van der Waals surface area (Å²) < 4.78 is 1.90. The van der Waals surface area contributed by atoms with Crippen LogP contribution in [0.4, 0.5) is 0 Å². The van der Waals surface area contributed by atoms with E-state index in [0.717, 1.165) is 11.4 Å². The molecule has 0 saturated heterocycles. The van der Waals surface area contributed by atoms with Crippen molar-refractivity contribution < 1.29 is 9.90 Å². The summed E-state index contributed by atoms with van der Waals surface area (Å²) >= 11 is 0. The Morgan fingerprint density at radius 1 is 1.12 bits per heavy atom. The Balaban J connectivity index is 2.53. The molecule has 0 aliphatic rings. The Hall–Kier alpha value is -2.03. The van der Waals surface area contributed by atoms with Crippen molar-refractivity contribution in [3.8, 4) is 5.69 Å².